The molecule has 150 valence electrons. The van der Waals surface area contributed by atoms with Crippen LogP contribution in [0.1, 0.15) is 26.2 Å². The minimum atomic E-state index is -0.155. The predicted octanol–water partition coefficient (Wildman–Crippen LogP) is 4.15. The summed E-state index contributed by atoms with van der Waals surface area (Å²) < 4.78 is 7.31. The van der Waals surface area contributed by atoms with Gasteiger partial charge in [-0.25, -0.2) is 0 Å². The normalized spacial score (nSPS) is 16.8. The molecule has 29 heavy (non-hydrogen) atoms. The Morgan fingerprint density at radius 1 is 1.03 bits per heavy atom. The van der Waals surface area contributed by atoms with E-state index in [0.29, 0.717) is 12.6 Å². The highest BCUT2D eigenvalue weighted by molar-refractivity contribution is 5.58. The summed E-state index contributed by atoms with van der Waals surface area (Å²) in [5, 5.41) is 4.53. The van der Waals surface area contributed by atoms with Crippen molar-refractivity contribution in [3.8, 4) is 22.7 Å². The first-order valence-corrected chi connectivity index (χ1v) is 10.3. The van der Waals surface area contributed by atoms with E-state index in [9.17, 15) is 4.79 Å². The lowest BCUT2D eigenvalue weighted by atomic mass is 10.1. The number of ether oxygens (including phenoxy) is 1. The van der Waals surface area contributed by atoms with Gasteiger partial charge < -0.3 is 9.64 Å². The van der Waals surface area contributed by atoms with Crippen molar-refractivity contribution in [1.82, 2.24) is 14.7 Å². The van der Waals surface area contributed by atoms with Crippen LogP contribution in [0.5, 0.6) is 5.75 Å². The molecule has 1 saturated heterocycles. The van der Waals surface area contributed by atoms with E-state index in [4.69, 9.17) is 4.74 Å². The molecule has 1 aliphatic heterocycles. The quantitative estimate of drug-likeness (QED) is 0.570. The van der Waals surface area contributed by atoms with Crippen molar-refractivity contribution in [2.45, 2.75) is 32.2 Å². The molecule has 5 nitrogen and oxygen atoms in total. The van der Waals surface area contributed by atoms with Gasteiger partial charge in [0.15, 0.2) is 0 Å². The first-order chi connectivity index (χ1) is 14.2. The fraction of sp³-hybridized carbons (Fsp3) is 0.333. The summed E-state index contributed by atoms with van der Waals surface area (Å²) in [6, 6.07) is 21.4. The van der Waals surface area contributed by atoms with Gasteiger partial charge in [0.1, 0.15) is 5.75 Å². The molecular formula is C24H27N3O2. The maximum atomic E-state index is 12.3. The predicted molar refractivity (Wildman–Crippen MR) is 116 cm³/mol. The van der Waals surface area contributed by atoms with Crippen LogP contribution in [-0.4, -0.2) is 40.4 Å². The van der Waals surface area contributed by atoms with Gasteiger partial charge in [0, 0.05) is 24.2 Å². The van der Waals surface area contributed by atoms with E-state index in [2.05, 4.69) is 16.9 Å². The summed E-state index contributed by atoms with van der Waals surface area (Å²) in [6.07, 6.45) is 3.63. The Kier molecular flexibility index (Phi) is 6.06. The van der Waals surface area contributed by atoms with Crippen LogP contribution in [0, 0.1) is 0 Å². The lowest BCUT2D eigenvalue weighted by Crippen LogP contribution is -2.28. The Balaban J connectivity index is 1.39. The van der Waals surface area contributed by atoms with Crippen molar-refractivity contribution in [3.05, 3.63) is 77.1 Å². The fourth-order valence-corrected chi connectivity index (χ4v) is 3.83. The molecule has 5 heteroatoms. The topological polar surface area (TPSA) is 47.4 Å². The fourth-order valence-electron chi connectivity index (χ4n) is 3.83. The summed E-state index contributed by atoms with van der Waals surface area (Å²) in [5.41, 5.74) is 2.32. The Morgan fingerprint density at radius 3 is 2.55 bits per heavy atom. The second-order valence-electron chi connectivity index (χ2n) is 7.56. The Bertz CT molecular complexity index is 983. The van der Waals surface area contributed by atoms with Crippen LogP contribution in [0.25, 0.3) is 16.9 Å². The van der Waals surface area contributed by atoms with E-state index in [0.717, 1.165) is 35.7 Å². The molecule has 0 aliphatic carbocycles. The van der Waals surface area contributed by atoms with E-state index in [1.54, 1.807) is 12.1 Å². The lowest BCUT2D eigenvalue weighted by molar-refractivity contribution is 0.230. The Labute approximate surface area is 171 Å². The maximum absolute atomic E-state index is 12.3. The second-order valence-corrected chi connectivity index (χ2v) is 7.56. The van der Waals surface area contributed by atoms with Gasteiger partial charge in [-0.05, 0) is 63.1 Å². The summed E-state index contributed by atoms with van der Waals surface area (Å²) >= 11 is 0. The maximum Gasteiger partial charge on any atom is 0.271 e. The molecule has 2 heterocycles. The number of hydrogen-bond donors (Lipinski definition) is 0. The van der Waals surface area contributed by atoms with Crippen LogP contribution in [0.4, 0.5) is 0 Å². The zero-order valence-electron chi connectivity index (χ0n) is 16.8. The molecule has 0 radical (unpaired) electrons. The van der Waals surface area contributed by atoms with E-state index in [1.807, 2.05) is 54.6 Å². The average molecular weight is 389 g/mol. The molecule has 0 amide bonds. The molecule has 2 aromatic carbocycles. The molecule has 4 rings (SSSR count). The number of hydrogen-bond acceptors (Lipinski definition) is 4. The molecule has 0 saturated carbocycles. The van der Waals surface area contributed by atoms with Gasteiger partial charge in [-0.15, -0.1) is 0 Å². The van der Waals surface area contributed by atoms with Gasteiger partial charge in [-0.2, -0.15) is 9.78 Å². The number of likely N-dealkylation sites (tertiary alicyclic amines) is 1. The van der Waals surface area contributed by atoms with Crippen molar-refractivity contribution in [3.63, 3.8) is 0 Å². The molecule has 0 spiro atoms. The van der Waals surface area contributed by atoms with Crippen LogP contribution in [0.2, 0.25) is 0 Å². The molecule has 3 aromatic rings. The third-order valence-corrected chi connectivity index (χ3v) is 5.50. The summed E-state index contributed by atoms with van der Waals surface area (Å²) in [7, 11) is 0. The van der Waals surface area contributed by atoms with Crippen molar-refractivity contribution >= 4 is 0 Å². The van der Waals surface area contributed by atoms with Crippen LogP contribution in [-0.2, 0) is 0 Å². The Morgan fingerprint density at radius 2 is 1.83 bits per heavy atom. The van der Waals surface area contributed by atoms with Gasteiger partial charge >= 0.3 is 0 Å². The van der Waals surface area contributed by atoms with Gasteiger partial charge in [-0.1, -0.05) is 30.3 Å². The first-order valence-electron chi connectivity index (χ1n) is 10.3. The molecule has 1 fully saturated rings. The minimum absolute atomic E-state index is 0.155. The molecule has 1 aliphatic rings. The standard InChI is InChI=1S/C24H27N3O2/c1-19-7-5-16-26(19)17-6-18-29-22-12-10-21(11-13-22)27-24(28)15-14-23(25-27)20-8-3-2-4-9-20/h2-4,8-15,19H,5-7,16-18H2,1H3. The van der Waals surface area contributed by atoms with Gasteiger partial charge in [0.2, 0.25) is 0 Å². The molecule has 1 atom stereocenters. The average Bonchev–Trinajstić information content (AvgIpc) is 3.17. The van der Waals surface area contributed by atoms with Crippen molar-refractivity contribution in [2.24, 2.45) is 0 Å². The monoisotopic (exact) mass is 389 g/mol. The van der Waals surface area contributed by atoms with Crippen LogP contribution < -0.4 is 10.3 Å². The van der Waals surface area contributed by atoms with Crippen molar-refractivity contribution in [1.29, 1.82) is 0 Å². The van der Waals surface area contributed by atoms with E-state index in [-0.39, 0.29) is 5.56 Å². The van der Waals surface area contributed by atoms with E-state index < -0.39 is 0 Å². The van der Waals surface area contributed by atoms with Crippen LogP contribution in [0.15, 0.2) is 71.5 Å². The minimum Gasteiger partial charge on any atom is -0.494 e. The summed E-state index contributed by atoms with van der Waals surface area (Å²) in [4.78, 5) is 14.8. The Hall–Kier alpha value is -2.92. The summed E-state index contributed by atoms with van der Waals surface area (Å²) in [6.45, 7) is 5.30. The molecule has 0 bridgehead atoms. The first kappa shape index (κ1) is 19.4. The number of aromatic nitrogens is 2. The highest BCUT2D eigenvalue weighted by Crippen LogP contribution is 2.19. The highest BCUT2D eigenvalue weighted by atomic mass is 16.5. The zero-order valence-corrected chi connectivity index (χ0v) is 16.8. The number of benzene rings is 2. The smallest absolute Gasteiger partial charge is 0.271 e. The number of rotatable bonds is 7. The molecule has 1 unspecified atom stereocenters. The van der Waals surface area contributed by atoms with E-state index in [1.165, 1.54) is 24.1 Å². The lowest BCUT2D eigenvalue weighted by Gasteiger charge is -2.20. The van der Waals surface area contributed by atoms with Gasteiger partial charge in [-0.3, -0.25) is 4.79 Å². The molecular weight excluding hydrogens is 362 g/mol. The molecule has 1 aromatic heterocycles. The third-order valence-electron chi connectivity index (χ3n) is 5.50. The number of nitrogens with zero attached hydrogens (tertiary/aromatic N) is 3. The van der Waals surface area contributed by atoms with Crippen molar-refractivity contribution < 1.29 is 4.74 Å². The zero-order chi connectivity index (χ0) is 20.1. The van der Waals surface area contributed by atoms with E-state index >= 15 is 0 Å². The summed E-state index contributed by atoms with van der Waals surface area (Å²) in [5.74, 6) is 0.815. The van der Waals surface area contributed by atoms with Crippen LogP contribution >= 0.6 is 0 Å². The largest absolute Gasteiger partial charge is 0.494 e. The highest BCUT2D eigenvalue weighted by Gasteiger charge is 2.19. The third kappa shape index (κ3) is 4.74. The van der Waals surface area contributed by atoms with Gasteiger partial charge in [0.05, 0.1) is 18.0 Å². The van der Waals surface area contributed by atoms with Gasteiger partial charge in [0.25, 0.3) is 5.56 Å². The molecule has 0 N–H and O–H groups in total. The van der Waals surface area contributed by atoms with Crippen molar-refractivity contribution in [2.75, 3.05) is 19.7 Å². The SMILES string of the molecule is CC1CCCN1CCCOc1ccc(-n2nc(-c3ccccc3)ccc2=O)cc1. The second kappa shape index (κ2) is 9.05. The van der Waals surface area contributed by atoms with Crippen LogP contribution in [0.3, 0.4) is 0 Å².